The normalized spacial score (nSPS) is 9.79. The summed E-state index contributed by atoms with van der Waals surface area (Å²) in [5.41, 5.74) is 7.52. The van der Waals surface area contributed by atoms with E-state index in [0.29, 0.717) is 5.56 Å². The van der Waals surface area contributed by atoms with Gasteiger partial charge >= 0.3 is 5.97 Å². The molecule has 0 saturated carbocycles. The minimum absolute atomic E-state index is 0.00399. The summed E-state index contributed by atoms with van der Waals surface area (Å²) in [6.45, 7) is 1.81. The second-order valence-corrected chi connectivity index (χ2v) is 3.13. The number of aliphatic carboxylic acids is 1. The third-order valence-electron chi connectivity index (χ3n) is 2.00. The van der Waals surface area contributed by atoms with Gasteiger partial charge < -0.3 is 10.8 Å². The fourth-order valence-electron chi connectivity index (χ4n) is 1.22. The highest BCUT2D eigenvalue weighted by molar-refractivity contribution is 5.95. The standard InChI is InChI=1S/C10H12N2O2/c1-6-4-8(10(11)12)3-2-7(6)5-9(13)14/h2-4H,5H2,1H3,(H3,11,12)(H,13,14). The third-order valence-corrected chi connectivity index (χ3v) is 2.00. The maximum Gasteiger partial charge on any atom is 0.307 e. The molecule has 1 aromatic carbocycles. The zero-order valence-corrected chi connectivity index (χ0v) is 7.87. The fraction of sp³-hybridized carbons (Fsp3) is 0.200. The van der Waals surface area contributed by atoms with Crippen LogP contribution in [-0.4, -0.2) is 16.9 Å². The Morgan fingerprint density at radius 2 is 2.21 bits per heavy atom. The van der Waals surface area contributed by atoms with Crippen molar-refractivity contribution in [2.75, 3.05) is 0 Å². The second-order valence-electron chi connectivity index (χ2n) is 3.13. The first-order chi connectivity index (χ1) is 6.50. The number of nitrogens with one attached hydrogen (secondary N) is 1. The van der Waals surface area contributed by atoms with Crippen LogP contribution in [0.1, 0.15) is 16.7 Å². The number of hydrogen-bond acceptors (Lipinski definition) is 2. The maximum atomic E-state index is 10.5. The molecule has 0 atom stereocenters. The molecule has 0 heterocycles. The minimum Gasteiger partial charge on any atom is -0.481 e. The van der Waals surface area contributed by atoms with Gasteiger partial charge in [0.2, 0.25) is 0 Å². The van der Waals surface area contributed by atoms with Gasteiger partial charge in [0.05, 0.1) is 6.42 Å². The van der Waals surface area contributed by atoms with E-state index in [4.69, 9.17) is 16.2 Å². The van der Waals surface area contributed by atoms with E-state index in [1.54, 1.807) is 18.2 Å². The van der Waals surface area contributed by atoms with Gasteiger partial charge in [-0.2, -0.15) is 0 Å². The number of carbonyl (C=O) groups is 1. The molecule has 4 heteroatoms. The molecule has 0 saturated heterocycles. The maximum absolute atomic E-state index is 10.5. The van der Waals surface area contributed by atoms with Crippen molar-refractivity contribution in [2.24, 2.45) is 5.73 Å². The molecule has 0 aliphatic carbocycles. The van der Waals surface area contributed by atoms with Gasteiger partial charge in [0.1, 0.15) is 5.84 Å². The van der Waals surface area contributed by atoms with Gasteiger partial charge in [0.25, 0.3) is 0 Å². The first kappa shape index (κ1) is 10.2. The molecule has 1 aromatic rings. The average molecular weight is 192 g/mol. The van der Waals surface area contributed by atoms with Crippen molar-refractivity contribution in [3.8, 4) is 0 Å². The van der Waals surface area contributed by atoms with Crippen molar-refractivity contribution in [1.82, 2.24) is 0 Å². The highest BCUT2D eigenvalue weighted by atomic mass is 16.4. The van der Waals surface area contributed by atoms with Gasteiger partial charge in [-0.25, -0.2) is 0 Å². The van der Waals surface area contributed by atoms with Crippen molar-refractivity contribution in [3.05, 3.63) is 34.9 Å². The molecule has 0 aliphatic rings. The van der Waals surface area contributed by atoms with E-state index >= 15 is 0 Å². The number of carboxylic acid groups (broad SMARTS) is 1. The smallest absolute Gasteiger partial charge is 0.307 e. The van der Waals surface area contributed by atoms with Crippen LogP contribution in [0.2, 0.25) is 0 Å². The first-order valence-electron chi connectivity index (χ1n) is 4.16. The SMILES string of the molecule is Cc1cc(C(=N)N)ccc1CC(=O)O. The summed E-state index contributed by atoms with van der Waals surface area (Å²) in [5, 5.41) is 15.8. The molecule has 0 radical (unpaired) electrons. The average Bonchev–Trinajstić information content (AvgIpc) is 2.07. The highest BCUT2D eigenvalue weighted by Gasteiger charge is 2.05. The quantitative estimate of drug-likeness (QED) is 0.491. The van der Waals surface area contributed by atoms with Crippen molar-refractivity contribution < 1.29 is 9.90 Å². The Labute approximate surface area is 81.9 Å². The molecule has 74 valence electrons. The van der Waals surface area contributed by atoms with E-state index in [1.807, 2.05) is 6.92 Å². The lowest BCUT2D eigenvalue weighted by Crippen LogP contribution is -2.12. The molecule has 0 unspecified atom stereocenters. The molecule has 0 aromatic heterocycles. The molecule has 14 heavy (non-hydrogen) atoms. The monoisotopic (exact) mass is 192 g/mol. The Bertz CT molecular complexity index is 386. The van der Waals surface area contributed by atoms with E-state index in [-0.39, 0.29) is 12.3 Å². The Balaban J connectivity index is 3.01. The lowest BCUT2D eigenvalue weighted by molar-refractivity contribution is -0.136. The van der Waals surface area contributed by atoms with Crippen LogP contribution >= 0.6 is 0 Å². The largest absolute Gasteiger partial charge is 0.481 e. The topological polar surface area (TPSA) is 87.2 Å². The molecule has 0 fully saturated rings. The van der Waals surface area contributed by atoms with E-state index in [9.17, 15) is 4.79 Å². The van der Waals surface area contributed by atoms with Gasteiger partial charge in [-0.15, -0.1) is 0 Å². The lowest BCUT2D eigenvalue weighted by atomic mass is 10.0. The van der Waals surface area contributed by atoms with Crippen molar-refractivity contribution >= 4 is 11.8 Å². The summed E-state index contributed by atoms with van der Waals surface area (Å²) in [7, 11) is 0. The van der Waals surface area contributed by atoms with Crippen LogP contribution in [0.4, 0.5) is 0 Å². The number of amidine groups is 1. The van der Waals surface area contributed by atoms with Crippen molar-refractivity contribution in [2.45, 2.75) is 13.3 Å². The lowest BCUT2D eigenvalue weighted by Gasteiger charge is -2.05. The van der Waals surface area contributed by atoms with Crippen LogP contribution in [0.3, 0.4) is 0 Å². The number of benzene rings is 1. The van der Waals surface area contributed by atoms with Gasteiger partial charge in [-0.05, 0) is 24.1 Å². The van der Waals surface area contributed by atoms with Crippen molar-refractivity contribution in [1.29, 1.82) is 5.41 Å². The fourth-order valence-corrected chi connectivity index (χ4v) is 1.22. The Kier molecular flexibility index (Phi) is 2.86. The van der Waals surface area contributed by atoms with Crippen LogP contribution in [0, 0.1) is 12.3 Å². The zero-order chi connectivity index (χ0) is 10.7. The molecule has 0 bridgehead atoms. The molecular weight excluding hydrogens is 180 g/mol. The number of nitrogen functional groups attached to an aromatic ring is 1. The minimum atomic E-state index is -0.858. The van der Waals surface area contributed by atoms with Gasteiger partial charge in [-0.1, -0.05) is 12.1 Å². The first-order valence-corrected chi connectivity index (χ1v) is 4.16. The molecule has 1 rings (SSSR count). The van der Waals surface area contributed by atoms with E-state index < -0.39 is 5.97 Å². The molecule has 0 amide bonds. The number of carboxylic acids is 1. The Morgan fingerprint density at radius 3 is 2.64 bits per heavy atom. The molecular formula is C10H12N2O2. The third kappa shape index (κ3) is 2.32. The van der Waals surface area contributed by atoms with Crippen LogP contribution < -0.4 is 5.73 Å². The summed E-state index contributed by atoms with van der Waals surface area (Å²) in [6.07, 6.45) is 0.00399. The van der Waals surface area contributed by atoms with E-state index in [0.717, 1.165) is 11.1 Å². The molecule has 0 aliphatic heterocycles. The van der Waals surface area contributed by atoms with Gasteiger partial charge in [0, 0.05) is 5.56 Å². The highest BCUT2D eigenvalue weighted by Crippen LogP contribution is 2.11. The van der Waals surface area contributed by atoms with E-state index in [2.05, 4.69) is 0 Å². The second kappa shape index (κ2) is 3.91. The van der Waals surface area contributed by atoms with Crippen LogP contribution in [0.25, 0.3) is 0 Å². The number of rotatable bonds is 3. The number of aryl methyl sites for hydroxylation is 1. The summed E-state index contributed by atoms with van der Waals surface area (Å²) in [5.74, 6) is -0.862. The number of nitrogens with two attached hydrogens (primary N) is 1. The summed E-state index contributed by atoms with van der Waals surface area (Å²) in [6, 6.07) is 5.08. The van der Waals surface area contributed by atoms with Gasteiger partial charge in [0.15, 0.2) is 0 Å². The Morgan fingerprint density at radius 1 is 1.57 bits per heavy atom. The summed E-state index contributed by atoms with van der Waals surface area (Å²) in [4.78, 5) is 10.5. The number of hydrogen-bond donors (Lipinski definition) is 3. The Hall–Kier alpha value is -1.84. The molecule has 4 N–H and O–H groups in total. The zero-order valence-electron chi connectivity index (χ0n) is 7.87. The summed E-state index contributed by atoms with van der Waals surface area (Å²) >= 11 is 0. The van der Waals surface area contributed by atoms with Crippen LogP contribution in [-0.2, 0) is 11.2 Å². The van der Waals surface area contributed by atoms with Crippen molar-refractivity contribution in [3.63, 3.8) is 0 Å². The van der Waals surface area contributed by atoms with E-state index in [1.165, 1.54) is 0 Å². The predicted molar refractivity (Wildman–Crippen MR) is 53.5 cm³/mol. The molecule has 4 nitrogen and oxygen atoms in total. The van der Waals surface area contributed by atoms with Crippen LogP contribution in [0.15, 0.2) is 18.2 Å². The predicted octanol–water partition coefficient (Wildman–Crippen LogP) is 0.906. The molecule has 0 spiro atoms. The summed E-state index contributed by atoms with van der Waals surface area (Å²) < 4.78 is 0. The van der Waals surface area contributed by atoms with Crippen LogP contribution in [0.5, 0.6) is 0 Å². The van der Waals surface area contributed by atoms with Gasteiger partial charge in [-0.3, -0.25) is 10.2 Å².